The van der Waals surface area contributed by atoms with E-state index in [0.29, 0.717) is 6.54 Å². The molecule has 0 bridgehead atoms. The highest BCUT2D eigenvalue weighted by molar-refractivity contribution is 7.99. The van der Waals surface area contributed by atoms with E-state index in [2.05, 4.69) is 12.2 Å². The second kappa shape index (κ2) is 7.44. The minimum atomic E-state index is -0.130. The van der Waals surface area contributed by atoms with Crippen molar-refractivity contribution in [2.45, 2.75) is 25.7 Å². The molecule has 1 aromatic rings. The number of amides is 1. The van der Waals surface area contributed by atoms with Gasteiger partial charge < -0.3 is 11.1 Å². The van der Waals surface area contributed by atoms with E-state index in [0.717, 1.165) is 11.4 Å². The lowest BCUT2D eigenvalue weighted by Gasteiger charge is -2.18. The number of benzene rings is 1. The predicted octanol–water partition coefficient (Wildman–Crippen LogP) is 2.97. The van der Waals surface area contributed by atoms with Crippen LogP contribution in [0.2, 0.25) is 0 Å². The molecule has 4 heteroatoms. The Morgan fingerprint density at radius 3 is 2.39 bits per heavy atom. The summed E-state index contributed by atoms with van der Waals surface area (Å²) in [6.07, 6.45) is 0. The van der Waals surface area contributed by atoms with E-state index in [1.165, 1.54) is 4.90 Å². The molecule has 0 aliphatic carbocycles. The molecule has 0 spiro atoms. The molecule has 1 amide bonds. The van der Waals surface area contributed by atoms with Gasteiger partial charge in [0.15, 0.2) is 0 Å². The summed E-state index contributed by atoms with van der Waals surface area (Å²) in [5.41, 5.74) is 6.46. The second-order valence-corrected chi connectivity index (χ2v) is 5.87. The molecule has 0 radical (unpaired) electrons. The summed E-state index contributed by atoms with van der Waals surface area (Å²) in [6, 6.07) is 7.92. The van der Waals surface area contributed by atoms with Crippen molar-refractivity contribution in [2.75, 3.05) is 17.6 Å². The van der Waals surface area contributed by atoms with Crippen LogP contribution in [-0.2, 0) is 4.79 Å². The number of nitrogens with one attached hydrogen (secondary N) is 1. The monoisotopic (exact) mass is 266 g/mol. The van der Waals surface area contributed by atoms with Crippen LogP contribution in [-0.4, -0.2) is 18.2 Å². The highest BCUT2D eigenvalue weighted by Crippen LogP contribution is 2.20. The number of hydrogen-bond donors (Lipinski definition) is 2. The number of thioether (sulfide) groups is 1. The van der Waals surface area contributed by atoms with E-state index in [9.17, 15) is 4.79 Å². The molecule has 100 valence electrons. The Kier molecular flexibility index (Phi) is 6.22. The zero-order valence-electron chi connectivity index (χ0n) is 11.3. The average Bonchev–Trinajstić information content (AvgIpc) is 2.32. The molecule has 0 saturated heterocycles. The van der Waals surface area contributed by atoms with Crippen LogP contribution in [0.5, 0.6) is 0 Å². The Balaban J connectivity index is 2.64. The summed E-state index contributed by atoms with van der Waals surface area (Å²) in [4.78, 5) is 13.2. The second-order valence-electron chi connectivity index (χ2n) is 4.53. The molecule has 1 unspecified atom stereocenters. The summed E-state index contributed by atoms with van der Waals surface area (Å²) in [7, 11) is 0. The van der Waals surface area contributed by atoms with Gasteiger partial charge in [0.05, 0.1) is 5.92 Å². The van der Waals surface area contributed by atoms with Crippen molar-refractivity contribution in [1.82, 2.24) is 0 Å². The number of anilines is 1. The number of carbonyl (C=O) groups is 1. The Morgan fingerprint density at radius 2 is 1.94 bits per heavy atom. The predicted molar refractivity (Wildman–Crippen MR) is 78.9 cm³/mol. The molecule has 0 aromatic heterocycles. The molecule has 3 nitrogen and oxygen atoms in total. The van der Waals surface area contributed by atoms with Crippen LogP contribution in [0.15, 0.2) is 29.2 Å². The standard InChI is InChI=1S/C14H22N2OS/c1-4-18-12-7-5-11(6-8-12)16-14(17)13(9-15)10(2)3/h5-8,10,13H,4,9,15H2,1-3H3,(H,16,17). The highest BCUT2D eigenvalue weighted by atomic mass is 32.2. The summed E-state index contributed by atoms with van der Waals surface area (Å²) < 4.78 is 0. The molecular weight excluding hydrogens is 244 g/mol. The van der Waals surface area contributed by atoms with Crippen LogP contribution < -0.4 is 11.1 Å². The molecule has 1 atom stereocenters. The van der Waals surface area contributed by atoms with Gasteiger partial charge in [-0.3, -0.25) is 4.79 Å². The lowest BCUT2D eigenvalue weighted by atomic mass is 9.95. The maximum Gasteiger partial charge on any atom is 0.229 e. The van der Waals surface area contributed by atoms with Crippen molar-refractivity contribution in [1.29, 1.82) is 0 Å². The summed E-state index contributed by atoms with van der Waals surface area (Å²) in [6.45, 7) is 6.53. The fourth-order valence-corrected chi connectivity index (χ4v) is 2.38. The molecule has 1 aromatic carbocycles. The third-order valence-electron chi connectivity index (χ3n) is 2.83. The van der Waals surface area contributed by atoms with Gasteiger partial charge in [-0.1, -0.05) is 20.8 Å². The minimum Gasteiger partial charge on any atom is -0.330 e. The van der Waals surface area contributed by atoms with E-state index in [1.54, 1.807) is 11.8 Å². The third-order valence-corrected chi connectivity index (χ3v) is 3.72. The molecular formula is C14H22N2OS. The maximum absolute atomic E-state index is 12.0. The van der Waals surface area contributed by atoms with E-state index in [4.69, 9.17) is 5.73 Å². The number of rotatable bonds is 6. The first-order valence-electron chi connectivity index (χ1n) is 6.32. The minimum absolute atomic E-state index is 0.00314. The SMILES string of the molecule is CCSc1ccc(NC(=O)C(CN)C(C)C)cc1. The van der Waals surface area contributed by atoms with Crippen LogP contribution in [0, 0.1) is 11.8 Å². The van der Waals surface area contributed by atoms with Crippen molar-refractivity contribution >= 4 is 23.4 Å². The Hall–Kier alpha value is -1.00. The van der Waals surface area contributed by atoms with Crippen LogP contribution >= 0.6 is 11.8 Å². The molecule has 0 fully saturated rings. The van der Waals surface area contributed by atoms with Gasteiger partial charge in [0.25, 0.3) is 0 Å². The van der Waals surface area contributed by atoms with E-state index < -0.39 is 0 Å². The summed E-state index contributed by atoms with van der Waals surface area (Å²) in [5.74, 6) is 1.18. The van der Waals surface area contributed by atoms with E-state index in [1.807, 2.05) is 38.1 Å². The zero-order valence-corrected chi connectivity index (χ0v) is 12.1. The van der Waals surface area contributed by atoms with Gasteiger partial charge in [0.2, 0.25) is 5.91 Å². The number of nitrogens with two attached hydrogens (primary N) is 1. The summed E-state index contributed by atoms with van der Waals surface area (Å²) >= 11 is 1.79. The van der Waals surface area contributed by atoms with Crippen LogP contribution in [0.25, 0.3) is 0 Å². The number of hydrogen-bond acceptors (Lipinski definition) is 3. The van der Waals surface area contributed by atoms with Gasteiger partial charge in [0, 0.05) is 17.1 Å². The van der Waals surface area contributed by atoms with Crippen LogP contribution in [0.3, 0.4) is 0 Å². The van der Waals surface area contributed by atoms with E-state index in [-0.39, 0.29) is 17.7 Å². The van der Waals surface area contributed by atoms with Gasteiger partial charge in [-0.25, -0.2) is 0 Å². The van der Waals surface area contributed by atoms with E-state index >= 15 is 0 Å². The lowest BCUT2D eigenvalue weighted by molar-refractivity contribution is -0.120. The molecule has 0 aliphatic rings. The van der Waals surface area contributed by atoms with Crippen molar-refractivity contribution in [2.24, 2.45) is 17.6 Å². The average molecular weight is 266 g/mol. The Labute approximate surface area is 114 Å². The van der Waals surface area contributed by atoms with Crippen molar-refractivity contribution in [3.63, 3.8) is 0 Å². The Bertz CT molecular complexity index is 376. The molecule has 0 heterocycles. The smallest absolute Gasteiger partial charge is 0.229 e. The first-order chi connectivity index (χ1) is 8.58. The zero-order chi connectivity index (χ0) is 13.5. The third kappa shape index (κ3) is 4.35. The van der Waals surface area contributed by atoms with Gasteiger partial charge in [0.1, 0.15) is 0 Å². The topological polar surface area (TPSA) is 55.1 Å². The molecule has 18 heavy (non-hydrogen) atoms. The van der Waals surface area contributed by atoms with Gasteiger partial charge >= 0.3 is 0 Å². The first kappa shape index (κ1) is 15.1. The van der Waals surface area contributed by atoms with Gasteiger partial charge in [-0.05, 0) is 35.9 Å². The highest BCUT2D eigenvalue weighted by Gasteiger charge is 2.20. The summed E-state index contributed by atoms with van der Waals surface area (Å²) in [5, 5.41) is 2.92. The number of carbonyl (C=O) groups excluding carboxylic acids is 1. The lowest BCUT2D eigenvalue weighted by Crippen LogP contribution is -2.33. The van der Waals surface area contributed by atoms with Crippen molar-refractivity contribution in [3.05, 3.63) is 24.3 Å². The van der Waals surface area contributed by atoms with Gasteiger partial charge in [-0.15, -0.1) is 11.8 Å². The van der Waals surface area contributed by atoms with Crippen molar-refractivity contribution in [3.8, 4) is 0 Å². The van der Waals surface area contributed by atoms with Crippen molar-refractivity contribution < 1.29 is 4.79 Å². The first-order valence-corrected chi connectivity index (χ1v) is 7.30. The fraction of sp³-hybridized carbons (Fsp3) is 0.500. The van der Waals surface area contributed by atoms with Gasteiger partial charge in [-0.2, -0.15) is 0 Å². The fourth-order valence-electron chi connectivity index (χ4n) is 1.72. The molecule has 1 rings (SSSR count). The maximum atomic E-state index is 12.0. The molecule has 0 aliphatic heterocycles. The Morgan fingerprint density at radius 1 is 1.33 bits per heavy atom. The normalized spacial score (nSPS) is 12.5. The van der Waals surface area contributed by atoms with Crippen LogP contribution in [0.4, 0.5) is 5.69 Å². The quantitative estimate of drug-likeness (QED) is 0.778. The molecule has 0 saturated carbocycles. The molecule has 3 N–H and O–H groups in total. The largest absolute Gasteiger partial charge is 0.330 e. The van der Waals surface area contributed by atoms with Crippen LogP contribution in [0.1, 0.15) is 20.8 Å².